The Hall–Kier alpha value is -1.40. The number of carboxylic acid groups (broad SMARTS) is 1. The maximum absolute atomic E-state index is 10.9. The van der Waals surface area contributed by atoms with Gasteiger partial charge in [0, 0.05) is 16.9 Å². The molecule has 0 saturated carbocycles. The van der Waals surface area contributed by atoms with Crippen LogP contribution in [0.25, 0.3) is 0 Å². The van der Waals surface area contributed by atoms with E-state index in [2.05, 4.69) is 25.9 Å². The molecule has 4 nitrogen and oxygen atoms in total. The number of aromatic nitrogens is 2. The molecule has 0 saturated heterocycles. The van der Waals surface area contributed by atoms with E-state index in [1.807, 2.05) is 13.0 Å². The number of carboxylic acids is 1. The molecule has 92 valence electrons. The van der Waals surface area contributed by atoms with E-state index in [0.29, 0.717) is 5.03 Å². The standard InChI is InChI=1S/C12H9BrN2O2S/c1-7-4-9(13)6-15-11(7)18-10-5-8(12(16)17)2-3-14-10/h2-6H,1H3,(H,16,17). The SMILES string of the molecule is Cc1cc(Br)cnc1Sc1cc(C(=O)O)ccn1. The molecule has 0 amide bonds. The molecule has 2 rings (SSSR count). The highest BCUT2D eigenvalue weighted by molar-refractivity contribution is 9.10. The van der Waals surface area contributed by atoms with E-state index in [4.69, 9.17) is 5.11 Å². The third-order valence-electron chi connectivity index (χ3n) is 2.18. The van der Waals surface area contributed by atoms with Crippen molar-refractivity contribution in [2.45, 2.75) is 17.0 Å². The first-order valence-corrected chi connectivity index (χ1v) is 6.66. The number of carbonyl (C=O) groups is 1. The van der Waals surface area contributed by atoms with Crippen molar-refractivity contribution in [1.82, 2.24) is 9.97 Å². The zero-order valence-electron chi connectivity index (χ0n) is 9.42. The molecule has 6 heteroatoms. The van der Waals surface area contributed by atoms with E-state index >= 15 is 0 Å². The van der Waals surface area contributed by atoms with Gasteiger partial charge >= 0.3 is 5.97 Å². The molecule has 0 aliphatic carbocycles. The molecule has 0 unspecified atom stereocenters. The van der Waals surface area contributed by atoms with Crippen LogP contribution in [0.2, 0.25) is 0 Å². The second-order valence-electron chi connectivity index (χ2n) is 3.57. The maximum Gasteiger partial charge on any atom is 0.335 e. The molecular weight excluding hydrogens is 316 g/mol. The summed E-state index contributed by atoms with van der Waals surface area (Å²) in [6, 6.07) is 4.96. The molecular formula is C12H9BrN2O2S. The summed E-state index contributed by atoms with van der Waals surface area (Å²) in [4.78, 5) is 19.3. The van der Waals surface area contributed by atoms with Crippen LogP contribution in [0.1, 0.15) is 15.9 Å². The van der Waals surface area contributed by atoms with Crippen LogP contribution in [0.4, 0.5) is 0 Å². The Morgan fingerprint density at radius 3 is 2.83 bits per heavy atom. The smallest absolute Gasteiger partial charge is 0.335 e. The van der Waals surface area contributed by atoms with Crippen molar-refractivity contribution in [2.24, 2.45) is 0 Å². The number of pyridine rings is 2. The van der Waals surface area contributed by atoms with Gasteiger partial charge in [-0.2, -0.15) is 0 Å². The predicted molar refractivity (Wildman–Crippen MR) is 72.0 cm³/mol. The Morgan fingerprint density at radius 2 is 2.17 bits per heavy atom. The van der Waals surface area contributed by atoms with Crippen LogP contribution in [-0.4, -0.2) is 21.0 Å². The summed E-state index contributed by atoms with van der Waals surface area (Å²) in [5.74, 6) is -0.959. The van der Waals surface area contributed by atoms with Gasteiger partial charge < -0.3 is 5.11 Å². The fraction of sp³-hybridized carbons (Fsp3) is 0.0833. The summed E-state index contributed by atoms with van der Waals surface area (Å²) < 4.78 is 0.914. The lowest BCUT2D eigenvalue weighted by Crippen LogP contribution is -1.97. The first kappa shape index (κ1) is 13.0. The van der Waals surface area contributed by atoms with E-state index in [1.165, 1.54) is 30.1 Å². The summed E-state index contributed by atoms with van der Waals surface area (Å²) in [6.45, 7) is 1.95. The number of hydrogen-bond donors (Lipinski definition) is 1. The zero-order valence-corrected chi connectivity index (χ0v) is 11.8. The number of halogens is 1. The molecule has 1 N–H and O–H groups in total. The van der Waals surface area contributed by atoms with Crippen LogP contribution in [0.5, 0.6) is 0 Å². The highest BCUT2D eigenvalue weighted by Crippen LogP contribution is 2.28. The fourth-order valence-corrected chi connectivity index (χ4v) is 2.60. The van der Waals surface area contributed by atoms with Crippen molar-refractivity contribution in [2.75, 3.05) is 0 Å². The second kappa shape index (κ2) is 5.49. The van der Waals surface area contributed by atoms with Gasteiger partial charge in [0.2, 0.25) is 0 Å². The van der Waals surface area contributed by atoms with Gasteiger partial charge in [0.15, 0.2) is 0 Å². The van der Waals surface area contributed by atoms with Crippen LogP contribution < -0.4 is 0 Å². The van der Waals surface area contributed by atoms with Crippen LogP contribution in [0.3, 0.4) is 0 Å². The molecule has 0 radical (unpaired) electrons. The van der Waals surface area contributed by atoms with Crippen molar-refractivity contribution in [1.29, 1.82) is 0 Å². The minimum atomic E-state index is -0.959. The Labute approximate surface area is 117 Å². The number of rotatable bonds is 3. The van der Waals surface area contributed by atoms with Crippen molar-refractivity contribution in [3.8, 4) is 0 Å². The van der Waals surface area contributed by atoms with Gasteiger partial charge in [-0.25, -0.2) is 14.8 Å². The lowest BCUT2D eigenvalue weighted by molar-refractivity contribution is 0.0696. The van der Waals surface area contributed by atoms with Crippen molar-refractivity contribution in [3.05, 3.63) is 46.2 Å². The van der Waals surface area contributed by atoms with Crippen LogP contribution >= 0.6 is 27.7 Å². The normalized spacial score (nSPS) is 10.3. The molecule has 0 aliphatic heterocycles. The lowest BCUT2D eigenvalue weighted by Gasteiger charge is -2.04. The summed E-state index contributed by atoms with van der Waals surface area (Å²) in [5, 5.41) is 10.3. The van der Waals surface area contributed by atoms with Crippen molar-refractivity contribution < 1.29 is 9.90 Å². The molecule has 0 aliphatic rings. The third-order valence-corrected chi connectivity index (χ3v) is 3.67. The quantitative estimate of drug-likeness (QED) is 0.937. The number of aryl methyl sites for hydroxylation is 1. The number of aromatic carboxylic acids is 1. The van der Waals surface area contributed by atoms with Crippen molar-refractivity contribution >= 4 is 33.7 Å². The van der Waals surface area contributed by atoms with Crippen LogP contribution in [0, 0.1) is 6.92 Å². The lowest BCUT2D eigenvalue weighted by atomic mass is 10.3. The molecule has 2 heterocycles. The second-order valence-corrected chi connectivity index (χ2v) is 5.49. The zero-order chi connectivity index (χ0) is 13.1. The molecule has 0 aromatic carbocycles. The first-order valence-electron chi connectivity index (χ1n) is 5.05. The molecule has 0 atom stereocenters. The Kier molecular flexibility index (Phi) is 3.98. The molecule has 0 fully saturated rings. The fourth-order valence-electron chi connectivity index (χ4n) is 1.33. The number of hydrogen-bond acceptors (Lipinski definition) is 4. The van der Waals surface area contributed by atoms with Gasteiger partial charge in [0.05, 0.1) is 5.56 Å². The van der Waals surface area contributed by atoms with Crippen LogP contribution in [-0.2, 0) is 0 Å². The molecule has 0 bridgehead atoms. The van der Waals surface area contributed by atoms with Gasteiger partial charge in [-0.1, -0.05) is 0 Å². The topological polar surface area (TPSA) is 63.1 Å². The highest BCUT2D eigenvalue weighted by atomic mass is 79.9. The Morgan fingerprint density at radius 1 is 1.39 bits per heavy atom. The minimum absolute atomic E-state index is 0.224. The van der Waals surface area contributed by atoms with E-state index in [0.717, 1.165) is 15.1 Å². The summed E-state index contributed by atoms with van der Waals surface area (Å²) in [7, 11) is 0. The van der Waals surface area contributed by atoms with E-state index in [9.17, 15) is 4.79 Å². The monoisotopic (exact) mass is 324 g/mol. The van der Waals surface area contributed by atoms with E-state index in [-0.39, 0.29) is 5.56 Å². The van der Waals surface area contributed by atoms with Gasteiger partial charge in [-0.05, 0) is 58.4 Å². The van der Waals surface area contributed by atoms with E-state index < -0.39 is 5.97 Å². The Bertz CT molecular complexity index is 604. The number of nitrogens with zero attached hydrogens (tertiary/aromatic N) is 2. The highest BCUT2D eigenvalue weighted by Gasteiger charge is 2.08. The maximum atomic E-state index is 10.9. The molecule has 2 aromatic rings. The molecule has 2 aromatic heterocycles. The average Bonchev–Trinajstić information content (AvgIpc) is 2.33. The molecule has 0 spiro atoms. The largest absolute Gasteiger partial charge is 0.478 e. The summed E-state index contributed by atoms with van der Waals surface area (Å²) >= 11 is 4.70. The van der Waals surface area contributed by atoms with Crippen LogP contribution in [0.15, 0.2) is 45.1 Å². The minimum Gasteiger partial charge on any atom is -0.478 e. The van der Waals surface area contributed by atoms with Crippen molar-refractivity contribution in [3.63, 3.8) is 0 Å². The summed E-state index contributed by atoms with van der Waals surface area (Å²) in [5.41, 5.74) is 1.24. The van der Waals surface area contributed by atoms with Gasteiger partial charge in [0.1, 0.15) is 10.1 Å². The van der Waals surface area contributed by atoms with Gasteiger partial charge in [-0.15, -0.1) is 0 Å². The average molecular weight is 325 g/mol. The molecule has 18 heavy (non-hydrogen) atoms. The first-order chi connectivity index (χ1) is 8.56. The summed E-state index contributed by atoms with van der Waals surface area (Å²) in [6.07, 6.45) is 3.19. The third kappa shape index (κ3) is 3.08. The van der Waals surface area contributed by atoms with Gasteiger partial charge in [0.25, 0.3) is 0 Å². The predicted octanol–water partition coefficient (Wildman–Crippen LogP) is 3.40. The van der Waals surface area contributed by atoms with Gasteiger partial charge in [-0.3, -0.25) is 0 Å². The van der Waals surface area contributed by atoms with E-state index in [1.54, 1.807) is 6.20 Å². The Balaban J connectivity index is 2.28.